The van der Waals surface area contributed by atoms with Crippen LogP contribution in [0.25, 0.3) is 10.1 Å². The fourth-order valence-corrected chi connectivity index (χ4v) is 3.42. The Morgan fingerprint density at radius 1 is 1.43 bits per heavy atom. The molecule has 0 N–H and O–H groups in total. The van der Waals surface area contributed by atoms with Gasteiger partial charge in [0, 0.05) is 14.6 Å². The lowest BCUT2D eigenvalue weighted by Crippen LogP contribution is -1.88. The molecule has 1 aromatic heterocycles. The molecule has 0 aliphatic carbocycles. The smallest absolute Gasteiger partial charge is 0.205 e. The third kappa shape index (κ3) is 1.55. The normalized spacial score (nSPS) is 11.5. The van der Waals surface area contributed by atoms with Crippen LogP contribution < -0.4 is 0 Å². The minimum Gasteiger partial charge on any atom is -0.205 e. The van der Waals surface area contributed by atoms with E-state index in [0.29, 0.717) is 4.47 Å². The summed E-state index contributed by atoms with van der Waals surface area (Å²) in [6.45, 7) is 0. The monoisotopic (exact) mass is 296 g/mol. The SMILES string of the molecule is FC(F)c1c(Cl)cc2sccc2c1Br. The summed E-state index contributed by atoms with van der Waals surface area (Å²) in [6.07, 6.45) is -2.55. The van der Waals surface area contributed by atoms with Gasteiger partial charge in [0.25, 0.3) is 6.43 Å². The first-order valence-corrected chi connectivity index (χ1v) is 5.79. The molecule has 0 saturated heterocycles. The van der Waals surface area contributed by atoms with Crippen molar-refractivity contribution in [3.63, 3.8) is 0 Å². The number of halogens is 4. The second-order valence-corrected chi connectivity index (χ2v) is 4.87. The van der Waals surface area contributed by atoms with Gasteiger partial charge in [-0.15, -0.1) is 11.3 Å². The van der Waals surface area contributed by atoms with Crippen LogP contribution in [0.5, 0.6) is 0 Å². The van der Waals surface area contributed by atoms with Gasteiger partial charge >= 0.3 is 0 Å². The summed E-state index contributed by atoms with van der Waals surface area (Å²) in [4.78, 5) is 0. The summed E-state index contributed by atoms with van der Waals surface area (Å²) < 4.78 is 26.5. The van der Waals surface area contributed by atoms with Gasteiger partial charge in [0.05, 0.1) is 10.6 Å². The lowest BCUT2D eigenvalue weighted by Gasteiger charge is -2.06. The molecule has 0 amide bonds. The Balaban J connectivity index is 2.82. The highest BCUT2D eigenvalue weighted by Crippen LogP contribution is 2.40. The molecule has 0 nitrogen and oxygen atoms in total. The van der Waals surface area contributed by atoms with Crippen LogP contribution >= 0.6 is 38.9 Å². The Morgan fingerprint density at radius 3 is 2.79 bits per heavy atom. The summed E-state index contributed by atoms with van der Waals surface area (Å²) in [5.74, 6) is 0. The van der Waals surface area contributed by atoms with E-state index >= 15 is 0 Å². The van der Waals surface area contributed by atoms with Crippen LogP contribution in [-0.2, 0) is 0 Å². The molecule has 0 radical (unpaired) electrons. The molecule has 74 valence electrons. The van der Waals surface area contributed by atoms with Crippen LogP contribution in [-0.4, -0.2) is 0 Å². The predicted molar refractivity (Wildman–Crippen MR) is 59.5 cm³/mol. The molecule has 1 aromatic carbocycles. The minimum absolute atomic E-state index is 0.113. The lowest BCUT2D eigenvalue weighted by atomic mass is 10.2. The van der Waals surface area contributed by atoms with E-state index in [4.69, 9.17) is 11.6 Å². The van der Waals surface area contributed by atoms with Gasteiger partial charge in [-0.1, -0.05) is 11.6 Å². The van der Waals surface area contributed by atoms with Crippen molar-refractivity contribution in [2.45, 2.75) is 6.43 Å². The molecular weight excluding hydrogens is 294 g/mol. The van der Waals surface area contributed by atoms with E-state index in [1.54, 1.807) is 12.1 Å². The average Bonchev–Trinajstić information content (AvgIpc) is 2.50. The van der Waals surface area contributed by atoms with Crippen molar-refractivity contribution in [3.8, 4) is 0 Å². The summed E-state index contributed by atoms with van der Waals surface area (Å²) in [6, 6.07) is 3.38. The van der Waals surface area contributed by atoms with Gasteiger partial charge in [-0.3, -0.25) is 0 Å². The van der Waals surface area contributed by atoms with Crippen LogP contribution in [0.2, 0.25) is 5.02 Å². The van der Waals surface area contributed by atoms with Crippen LogP contribution in [0.1, 0.15) is 12.0 Å². The highest BCUT2D eigenvalue weighted by Gasteiger charge is 2.18. The summed E-state index contributed by atoms with van der Waals surface area (Å²) >= 11 is 10.4. The Bertz CT molecular complexity index is 481. The molecule has 0 saturated carbocycles. The first kappa shape index (κ1) is 10.3. The van der Waals surface area contributed by atoms with Crippen LogP contribution in [0.4, 0.5) is 8.78 Å². The summed E-state index contributed by atoms with van der Waals surface area (Å²) in [5, 5.41) is 2.75. The summed E-state index contributed by atoms with van der Waals surface area (Å²) in [5.41, 5.74) is -0.127. The molecule has 1 heterocycles. The quantitative estimate of drug-likeness (QED) is 0.674. The fraction of sp³-hybridized carbons (Fsp3) is 0.111. The zero-order valence-corrected chi connectivity index (χ0v) is 9.89. The first-order chi connectivity index (χ1) is 6.61. The molecule has 14 heavy (non-hydrogen) atoms. The van der Waals surface area contributed by atoms with Crippen molar-refractivity contribution >= 4 is 49.0 Å². The van der Waals surface area contributed by atoms with E-state index in [-0.39, 0.29) is 10.6 Å². The van der Waals surface area contributed by atoms with E-state index < -0.39 is 6.43 Å². The second kappa shape index (κ2) is 3.76. The van der Waals surface area contributed by atoms with Gasteiger partial charge in [-0.2, -0.15) is 0 Å². The standard InChI is InChI=1S/C9H4BrClF2S/c10-8-4-1-2-14-6(4)3-5(11)7(8)9(12)13/h1-3,9H. The predicted octanol–water partition coefficient (Wildman–Crippen LogP) is 5.25. The molecule has 5 heteroatoms. The number of alkyl halides is 2. The third-order valence-electron chi connectivity index (χ3n) is 1.90. The molecule has 0 atom stereocenters. The van der Waals surface area contributed by atoms with Gasteiger partial charge in [-0.05, 0) is 33.4 Å². The molecule has 0 aliphatic heterocycles. The van der Waals surface area contributed by atoms with Gasteiger partial charge in [0.2, 0.25) is 0 Å². The Morgan fingerprint density at radius 2 is 2.14 bits per heavy atom. The van der Waals surface area contributed by atoms with E-state index in [1.807, 2.05) is 5.38 Å². The number of hydrogen-bond acceptors (Lipinski definition) is 1. The van der Waals surface area contributed by atoms with Crippen LogP contribution in [0.15, 0.2) is 22.0 Å². The van der Waals surface area contributed by atoms with E-state index in [9.17, 15) is 8.78 Å². The average molecular weight is 298 g/mol. The van der Waals surface area contributed by atoms with Gasteiger partial charge in [0.15, 0.2) is 0 Å². The van der Waals surface area contributed by atoms with Crippen LogP contribution in [0.3, 0.4) is 0 Å². The molecule has 0 aliphatic rings. The topological polar surface area (TPSA) is 0 Å². The van der Waals surface area contributed by atoms with Crippen LogP contribution in [0, 0.1) is 0 Å². The molecule has 0 fully saturated rings. The Hall–Kier alpha value is -0.190. The molecule has 0 spiro atoms. The molecule has 0 unspecified atom stereocenters. The van der Waals surface area contributed by atoms with E-state index in [2.05, 4.69) is 15.9 Å². The maximum absolute atomic E-state index is 12.6. The first-order valence-electron chi connectivity index (χ1n) is 3.74. The summed E-state index contributed by atoms with van der Waals surface area (Å²) in [7, 11) is 0. The second-order valence-electron chi connectivity index (χ2n) is 2.72. The fourth-order valence-electron chi connectivity index (χ4n) is 1.26. The van der Waals surface area contributed by atoms with Crippen molar-refractivity contribution in [2.24, 2.45) is 0 Å². The third-order valence-corrected chi connectivity index (χ3v) is 3.93. The maximum Gasteiger partial charge on any atom is 0.266 e. The Labute approximate surface area is 96.6 Å². The van der Waals surface area contributed by atoms with Crippen molar-refractivity contribution < 1.29 is 8.78 Å². The zero-order valence-electron chi connectivity index (χ0n) is 6.73. The number of fused-ring (bicyclic) bond motifs is 1. The minimum atomic E-state index is -2.55. The van der Waals surface area contributed by atoms with Gasteiger partial charge in [-0.25, -0.2) is 8.78 Å². The molecule has 2 aromatic rings. The largest absolute Gasteiger partial charge is 0.266 e. The number of thiophene rings is 1. The van der Waals surface area contributed by atoms with Crippen molar-refractivity contribution in [1.82, 2.24) is 0 Å². The number of hydrogen-bond donors (Lipinski definition) is 0. The van der Waals surface area contributed by atoms with Crippen molar-refractivity contribution in [3.05, 3.63) is 32.6 Å². The van der Waals surface area contributed by atoms with E-state index in [1.165, 1.54) is 11.3 Å². The number of rotatable bonds is 1. The molecule has 2 rings (SSSR count). The highest BCUT2D eigenvalue weighted by molar-refractivity contribution is 9.10. The van der Waals surface area contributed by atoms with E-state index in [0.717, 1.165) is 10.1 Å². The van der Waals surface area contributed by atoms with Crippen molar-refractivity contribution in [1.29, 1.82) is 0 Å². The highest BCUT2D eigenvalue weighted by atomic mass is 79.9. The number of benzene rings is 1. The maximum atomic E-state index is 12.6. The lowest BCUT2D eigenvalue weighted by molar-refractivity contribution is 0.151. The van der Waals surface area contributed by atoms with Gasteiger partial charge in [0.1, 0.15) is 0 Å². The van der Waals surface area contributed by atoms with Gasteiger partial charge < -0.3 is 0 Å². The molecule has 0 bridgehead atoms. The molecular formula is C9H4BrClF2S. The van der Waals surface area contributed by atoms with Crippen molar-refractivity contribution in [2.75, 3.05) is 0 Å². The Kier molecular flexibility index (Phi) is 2.77. The zero-order chi connectivity index (χ0) is 10.3.